The molecule has 2 rings (SSSR count). The van der Waals surface area contributed by atoms with Crippen LogP contribution in [0, 0.1) is 0 Å². The van der Waals surface area contributed by atoms with E-state index in [1.54, 1.807) is 7.05 Å². The molecule has 0 saturated carbocycles. The van der Waals surface area contributed by atoms with Crippen molar-refractivity contribution in [3.63, 3.8) is 0 Å². The molecule has 1 saturated heterocycles. The minimum Gasteiger partial charge on any atom is -0.355 e. The van der Waals surface area contributed by atoms with Gasteiger partial charge in [-0.15, -0.1) is 0 Å². The van der Waals surface area contributed by atoms with Crippen LogP contribution in [0.1, 0.15) is 27.2 Å². The third-order valence-corrected chi connectivity index (χ3v) is 3.83. The highest BCUT2D eigenvalue weighted by Crippen LogP contribution is 2.20. The van der Waals surface area contributed by atoms with E-state index in [-0.39, 0.29) is 17.5 Å². The zero-order valence-electron chi connectivity index (χ0n) is 15.1. The summed E-state index contributed by atoms with van der Waals surface area (Å²) in [5.74, 6) is 0.877. The van der Waals surface area contributed by atoms with E-state index in [4.69, 9.17) is 0 Å². The quantitative estimate of drug-likeness (QED) is 0.433. The molecule has 24 heavy (non-hydrogen) atoms. The molecule has 1 fully saturated rings. The third-order valence-electron chi connectivity index (χ3n) is 3.83. The van der Waals surface area contributed by atoms with Crippen LogP contribution in [0.3, 0.4) is 0 Å². The van der Waals surface area contributed by atoms with Gasteiger partial charge in [0, 0.05) is 44.3 Å². The molecule has 1 aromatic carbocycles. The van der Waals surface area contributed by atoms with Crippen molar-refractivity contribution < 1.29 is 4.79 Å². The third kappa shape index (κ3) is 5.53. The van der Waals surface area contributed by atoms with E-state index in [1.165, 1.54) is 0 Å². The smallest absolute Gasteiger partial charge is 0.229 e. The van der Waals surface area contributed by atoms with Crippen molar-refractivity contribution in [3.8, 4) is 0 Å². The monoisotopic (exact) mass is 331 g/mol. The van der Waals surface area contributed by atoms with Gasteiger partial charge in [0.2, 0.25) is 5.91 Å². The molecular weight excluding hydrogens is 302 g/mol. The molecule has 1 unspecified atom stereocenters. The molecule has 0 radical (unpaired) electrons. The molecule has 6 nitrogen and oxygen atoms in total. The van der Waals surface area contributed by atoms with Crippen molar-refractivity contribution in [2.45, 2.75) is 38.8 Å². The van der Waals surface area contributed by atoms with Crippen LogP contribution >= 0.6 is 0 Å². The van der Waals surface area contributed by atoms with Gasteiger partial charge in [-0.25, -0.2) is 0 Å². The van der Waals surface area contributed by atoms with Gasteiger partial charge < -0.3 is 20.9 Å². The zero-order valence-corrected chi connectivity index (χ0v) is 15.1. The first kappa shape index (κ1) is 18.3. The number of hydrogen-bond donors (Lipinski definition) is 3. The highest BCUT2D eigenvalue weighted by Gasteiger charge is 2.30. The number of nitrogens with one attached hydrogen (secondary N) is 3. The van der Waals surface area contributed by atoms with E-state index >= 15 is 0 Å². The molecule has 6 heteroatoms. The number of para-hydroxylation sites is 1. The Hall–Kier alpha value is -2.08. The number of carbonyl (C=O) groups excluding carboxylic acids is 1. The van der Waals surface area contributed by atoms with Crippen LogP contribution in [0.25, 0.3) is 0 Å². The van der Waals surface area contributed by atoms with Crippen LogP contribution < -0.4 is 20.9 Å². The van der Waals surface area contributed by atoms with E-state index in [0.29, 0.717) is 13.0 Å². The van der Waals surface area contributed by atoms with Crippen molar-refractivity contribution in [1.29, 1.82) is 0 Å². The van der Waals surface area contributed by atoms with Crippen molar-refractivity contribution >= 4 is 17.6 Å². The lowest BCUT2D eigenvalue weighted by atomic mass is 10.1. The average molecular weight is 331 g/mol. The number of hydrogen-bond acceptors (Lipinski definition) is 3. The number of amides is 1. The molecule has 1 aliphatic rings. The minimum atomic E-state index is 0.0690. The first-order chi connectivity index (χ1) is 11.4. The van der Waals surface area contributed by atoms with Gasteiger partial charge in [0.15, 0.2) is 5.96 Å². The molecule has 0 aromatic heterocycles. The Morgan fingerprint density at radius 1 is 1.25 bits per heavy atom. The number of benzene rings is 1. The van der Waals surface area contributed by atoms with E-state index < -0.39 is 0 Å². The van der Waals surface area contributed by atoms with Crippen LogP contribution in [0.15, 0.2) is 35.3 Å². The van der Waals surface area contributed by atoms with E-state index in [9.17, 15) is 4.79 Å². The topological polar surface area (TPSA) is 68.8 Å². The predicted molar refractivity (Wildman–Crippen MR) is 99.5 cm³/mol. The van der Waals surface area contributed by atoms with Gasteiger partial charge in [0.1, 0.15) is 0 Å². The van der Waals surface area contributed by atoms with Gasteiger partial charge in [0.05, 0.1) is 6.04 Å². The zero-order chi connectivity index (χ0) is 17.6. The van der Waals surface area contributed by atoms with Gasteiger partial charge in [-0.2, -0.15) is 0 Å². The Labute approximate surface area is 144 Å². The Morgan fingerprint density at radius 3 is 2.58 bits per heavy atom. The maximum atomic E-state index is 12.2. The Bertz CT molecular complexity index is 565. The molecule has 1 atom stereocenters. The lowest BCUT2D eigenvalue weighted by Crippen LogP contribution is -2.47. The second kappa shape index (κ2) is 8.15. The Balaban J connectivity index is 1.81. The van der Waals surface area contributed by atoms with Crippen molar-refractivity contribution in [1.82, 2.24) is 16.0 Å². The summed E-state index contributed by atoms with van der Waals surface area (Å²) in [7, 11) is 1.75. The fourth-order valence-electron chi connectivity index (χ4n) is 2.67. The molecule has 0 bridgehead atoms. The molecule has 0 aliphatic carbocycles. The van der Waals surface area contributed by atoms with Gasteiger partial charge in [0.25, 0.3) is 0 Å². The number of anilines is 1. The Kier molecular flexibility index (Phi) is 6.20. The number of nitrogens with zero attached hydrogens (tertiary/aromatic N) is 2. The number of aliphatic imine (C=N–C) groups is 1. The van der Waals surface area contributed by atoms with Crippen LogP contribution in [0.5, 0.6) is 0 Å². The molecule has 132 valence electrons. The maximum absolute atomic E-state index is 12.2. The second-order valence-electron chi connectivity index (χ2n) is 7.06. The summed E-state index contributed by atoms with van der Waals surface area (Å²) in [6.45, 7) is 8.71. The largest absolute Gasteiger partial charge is 0.355 e. The number of carbonyl (C=O) groups is 1. The van der Waals surface area contributed by atoms with E-state index in [2.05, 4.69) is 41.7 Å². The van der Waals surface area contributed by atoms with Gasteiger partial charge in [-0.3, -0.25) is 9.79 Å². The van der Waals surface area contributed by atoms with Gasteiger partial charge in [-0.05, 0) is 32.9 Å². The molecule has 1 aromatic rings. The molecule has 1 amide bonds. The van der Waals surface area contributed by atoms with Crippen LogP contribution in [0.2, 0.25) is 0 Å². The maximum Gasteiger partial charge on any atom is 0.229 e. The first-order valence-electron chi connectivity index (χ1n) is 8.46. The number of rotatable bonds is 5. The molecule has 1 heterocycles. The summed E-state index contributed by atoms with van der Waals surface area (Å²) in [5, 5.41) is 10.0. The number of guanidine groups is 1. The minimum absolute atomic E-state index is 0.0690. The van der Waals surface area contributed by atoms with Gasteiger partial charge >= 0.3 is 0 Å². The summed E-state index contributed by atoms with van der Waals surface area (Å²) in [4.78, 5) is 18.3. The van der Waals surface area contributed by atoms with Gasteiger partial charge in [-0.1, -0.05) is 18.2 Å². The summed E-state index contributed by atoms with van der Waals surface area (Å²) in [6, 6.07) is 9.85. The standard InChI is InChI=1S/C18H29N5O/c1-18(2,3)21-11-10-20-17(19-4)22-14-12-16(24)23(13-14)15-8-6-5-7-9-15/h5-9,14,21H,10-13H2,1-4H3,(H2,19,20,22). The molecule has 1 aliphatic heterocycles. The van der Waals surface area contributed by atoms with Crippen molar-refractivity contribution in [3.05, 3.63) is 30.3 Å². The fourth-order valence-corrected chi connectivity index (χ4v) is 2.67. The average Bonchev–Trinajstić information content (AvgIpc) is 2.90. The molecular formula is C18H29N5O. The summed E-state index contributed by atoms with van der Waals surface area (Å²) in [5.41, 5.74) is 1.05. The highest BCUT2D eigenvalue weighted by atomic mass is 16.2. The highest BCUT2D eigenvalue weighted by molar-refractivity contribution is 5.97. The lowest BCUT2D eigenvalue weighted by Gasteiger charge is -2.22. The summed E-state index contributed by atoms with van der Waals surface area (Å²) in [6.07, 6.45) is 0.482. The summed E-state index contributed by atoms with van der Waals surface area (Å²) < 4.78 is 0. The Morgan fingerprint density at radius 2 is 1.96 bits per heavy atom. The molecule has 3 N–H and O–H groups in total. The van der Waals surface area contributed by atoms with Crippen molar-refractivity contribution in [2.75, 3.05) is 31.6 Å². The van der Waals surface area contributed by atoms with Crippen LogP contribution in [-0.4, -0.2) is 50.1 Å². The molecule has 0 spiro atoms. The van der Waals surface area contributed by atoms with Crippen LogP contribution in [-0.2, 0) is 4.79 Å². The lowest BCUT2D eigenvalue weighted by molar-refractivity contribution is -0.117. The van der Waals surface area contributed by atoms with Crippen LogP contribution in [0.4, 0.5) is 5.69 Å². The van der Waals surface area contributed by atoms with E-state index in [0.717, 1.165) is 24.7 Å². The summed E-state index contributed by atoms with van der Waals surface area (Å²) >= 11 is 0. The predicted octanol–water partition coefficient (Wildman–Crippen LogP) is 1.35. The second-order valence-corrected chi connectivity index (χ2v) is 7.06. The normalized spacial score (nSPS) is 18.8. The fraction of sp³-hybridized carbons (Fsp3) is 0.556. The first-order valence-corrected chi connectivity index (χ1v) is 8.46. The van der Waals surface area contributed by atoms with Crippen molar-refractivity contribution in [2.24, 2.45) is 4.99 Å². The van der Waals surface area contributed by atoms with E-state index in [1.807, 2.05) is 35.2 Å². The SMILES string of the molecule is CN=C(NCCNC(C)(C)C)NC1CC(=O)N(c2ccccc2)C1.